The van der Waals surface area contributed by atoms with Crippen molar-refractivity contribution in [3.63, 3.8) is 0 Å². The number of nitrogens with zero attached hydrogens (tertiary/aromatic N) is 1. The van der Waals surface area contributed by atoms with Crippen LogP contribution in [0.4, 0.5) is 0 Å². The van der Waals surface area contributed by atoms with Gasteiger partial charge in [-0.3, -0.25) is 9.78 Å². The molecule has 0 saturated carbocycles. The van der Waals surface area contributed by atoms with Crippen LogP contribution in [0.3, 0.4) is 0 Å². The highest BCUT2D eigenvalue weighted by Gasteiger charge is 2.17. The van der Waals surface area contributed by atoms with Crippen molar-refractivity contribution in [1.29, 1.82) is 0 Å². The molecule has 1 aromatic heterocycles. The molecular weight excluding hydrogens is 214 g/mol. The molecule has 2 rings (SSSR count). The van der Waals surface area contributed by atoms with Crippen LogP contribution in [0.1, 0.15) is 23.2 Å². The molecule has 1 aliphatic rings. The van der Waals surface area contributed by atoms with E-state index in [1.165, 1.54) is 12.5 Å². The summed E-state index contributed by atoms with van der Waals surface area (Å²) in [5.74, 6) is -0.0675. The first-order valence-electron chi connectivity index (χ1n) is 4.74. The summed E-state index contributed by atoms with van der Waals surface area (Å²) in [4.78, 5) is 15.8. The van der Waals surface area contributed by atoms with Gasteiger partial charge in [-0.25, -0.2) is 0 Å². The number of halogens is 1. The van der Waals surface area contributed by atoms with Gasteiger partial charge in [-0.05, 0) is 18.9 Å². The average Bonchev–Trinajstić information content (AvgIpc) is 2.30. The van der Waals surface area contributed by atoms with Gasteiger partial charge in [0.25, 0.3) is 0 Å². The van der Waals surface area contributed by atoms with Crippen LogP contribution in [0.5, 0.6) is 0 Å². The molecule has 0 bridgehead atoms. The van der Waals surface area contributed by atoms with E-state index in [2.05, 4.69) is 4.98 Å². The Hall–Kier alpha value is -1.35. The van der Waals surface area contributed by atoms with E-state index in [1.807, 2.05) is 0 Å². The maximum atomic E-state index is 12.0. The molecule has 0 spiro atoms. The van der Waals surface area contributed by atoms with Crippen molar-refractivity contribution in [3.05, 3.63) is 40.9 Å². The summed E-state index contributed by atoms with van der Waals surface area (Å²) < 4.78 is 5.12. The second-order valence-electron chi connectivity index (χ2n) is 3.30. The number of carbonyl (C=O) groups is 1. The first-order chi connectivity index (χ1) is 7.29. The minimum absolute atomic E-state index is 0.0675. The number of carbonyl (C=O) groups excluding carboxylic acids is 1. The Bertz CT molecular complexity index is 415. The Morgan fingerprint density at radius 3 is 3.07 bits per heavy atom. The monoisotopic (exact) mass is 223 g/mol. The molecule has 4 heteroatoms. The summed E-state index contributed by atoms with van der Waals surface area (Å²) in [6.45, 7) is 0.681. The molecule has 0 N–H and O–H groups in total. The summed E-state index contributed by atoms with van der Waals surface area (Å²) in [6, 6.07) is 1.63. The normalized spacial score (nSPS) is 15.4. The van der Waals surface area contributed by atoms with Gasteiger partial charge in [-0.15, -0.1) is 0 Å². The van der Waals surface area contributed by atoms with Crippen molar-refractivity contribution in [2.24, 2.45) is 0 Å². The van der Waals surface area contributed by atoms with E-state index in [1.54, 1.807) is 12.3 Å². The molecule has 1 aromatic rings. The van der Waals surface area contributed by atoms with Crippen LogP contribution < -0.4 is 0 Å². The maximum Gasteiger partial charge on any atom is 0.193 e. The first kappa shape index (κ1) is 10.2. The Balaban J connectivity index is 2.28. The highest BCUT2D eigenvalue weighted by atomic mass is 35.5. The van der Waals surface area contributed by atoms with Gasteiger partial charge in [0, 0.05) is 23.5 Å². The highest BCUT2D eigenvalue weighted by molar-refractivity contribution is 6.34. The Morgan fingerprint density at radius 1 is 1.53 bits per heavy atom. The quantitative estimate of drug-likeness (QED) is 0.724. The molecule has 0 fully saturated rings. The van der Waals surface area contributed by atoms with Crippen LogP contribution in [0, 0.1) is 0 Å². The topological polar surface area (TPSA) is 39.2 Å². The summed E-state index contributed by atoms with van der Waals surface area (Å²) in [5.41, 5.74) is 1.16. The van der Waals surface area contributed by atoms with Crippen molar-refractivity contribution in [2.75, 3.05) is 6.61 Å². The van der Waals surface area contributed by atoms with E-state index in [-0.39, 0.29) is 5.78 Å². The van der Waals surface area contributed by atoms with E-state index in [0.717, 1.165) is 12.8 Å². The number of hydrogen-bond acceptors (Lipinski definition) is 3. The van der Waals surface area contributed by atoms with Crippen LogP contribution in [0.15, 0.2) is 30.3 Å². The van der Waals surface area contributed by atoms with Gasteiger partial charge in [0.2, 0.25) is 0 Å². The molecule has 0 unspecified atom stereocenters. The minimum atomic E-state index is -0.0675. The summed E-state index contributed by atoms with van der Waals surface area (Å²) in [6.07, 6.45) is 6.18. The van der Waals surface area contributed by atoms with E-state index < -0.39 is 0 Å². The van der Waals surface area contributed by atoms with Crippen molar-refractivity contribution in [3.8, 4) is 0 Å². The molecule has 1 aliphatic heterocycles. The Labute approximate surface area is 92.7 Å². The predicted molar refractivity (Wildman–Crippen MR) is 56.8 cm³/mol. The Morgan fingerprint density at radius 2 is 2.40 bits per heavy atom. The molecule has 0 atom stereocenters. The van der Waals surface area contributed by atoms with Crippen LogP contribution in [0.25, 0.3) is 0 Å². The van der Waals surface area contributed by atoms with Gasteiger partial charge in [0.1, 0.15) is 0 Å². The molecule has 78 valence electrons. The van der Waals surface area contributed by atoms with E-state index >= 15 is 0 Å². The lowest BCUT2D eigenvalue weighted by atomic mass is 10.0. The number of ketones is 1. The van der Waals surface area contributed by atoms with Gasteiger partial charge in [-0.1, -0.05) is 11.6 Å². The molecule has 0 amide bonds. The fraction of sp³-hybridized carbons (Fsp3) is 0.273. The number of ether oxygens (including phenoxy) is 1. The molecule has 0 radical (unpaired) electrons. The largest absolute Gasteiger partial charge is 0.501 e. The fourth-order valence-electron chi connectivity index (χ4n) is 1.46. The van der Waals surface area contributed by atoms with Crippen molar-refractivity contribution in [1.82, 2.24) is 4.98 Å². The van der Waals surface area contributed by atoms with Crippen LogP contribution in [-0.4, -0.2) is 17.4 Å². The molecule has 0 aliphatic carbocycles. The third-order valence-corrected chi connectivity index (χ3v) is 2.54. The zero-order valence-electron chi connectivity index (χ0n) is 8.07. The number of rotatable bonds is 2. The van der Waals surface area contributed by atoms with Gasteiger partial charge in [0.05, 0.1) is 17.9 Å². The molecule has 0 saturated heterocycles. The van der Waals surface area contributed by atoms with Crippen molar-refractivity contribution in [2.45, 2.75) is 12.8 Å². The molecule has 2 heterocycles. The van der Waals surface area contributed by atoms with Crippen molar-refractivity contribution < 1.29 is 9.53 Å². The number of allylic oxidation sites excluding steroid dienone is 1. The predicted octanol–water partition coefficient (Wildman–Crippen LogP) is 2.61. The summed E-state index contributed by atoms with van der Waals surface area (Å²) in [7, 11) is 0. The second-order valence-corrected chi connectivity index (χ2v) is 3.71. The van der Waals surface area contributed by atoms with Crippen LogP contribution in [-0.2, 0) is 4.74 Å². The summed E-state index contributed by atoms with van der Waals surface area (Å²) in [5, 5.41) is 0.383. The molecule has 0 aromatic carbocycles. The van der Waals surface area contributed by atoms with Crippen LogP contribution in [0.2, 0.25) is 5.02 Å². The third kappa shape index (κ3) is 2.18. The molecular formula is C11H10ClNO2. The number of aromatic nitrogens is 1. The molecule has 15 heavy (non-hydrogen) atoms. The SMILES string of the molecule is O=C(C1=COCCC1)c1ccncc1Cl. The standard InChI is InChI=1S/C11H10ClNO2/c12-10-6-13-4-3-9(10)11(14)8-2-1-5-15-7-8/h3-4,6-7H,1-2,5H2. The summed E-state index contributed by atoms with van der Waals surface area (Å²) >= 11 is 5.89. The fourth-order valence-corrected chi connectivity index (χ4v) is 1.67. The lowest BCUT2D eigenvalue weighted by molar-refractivity contribution is 0.101. The van der Waals surface area contributed by atoms with Gasteiger partial charge in [-0.2, -0.15) is 0 Å². The third-order valence-electron chi connectivity index (χ3n) is 2.24. The lowest BCUT2D eigenvalue weighted by Gasteiger charge is -2.12. The smallest absolute Gasteiger partial charge is 0.193 e. The zero-order chi connectivity index (χ0) is 10.7. The van der Waals surface area contributed by atoms with Gasteiger partial charge < -0.3 is 4.74 Å². The molecule has 3 nitrogen and oxygen atoms in total. The average molecular weight is 224 g/mol. The Kier molecular flexibility index (Phi) is 3.02. The van der Waals surface area contributed by atoms with Crippen molar-refractivity contribution >= 4 is 17.4 Å². The van der Waals surface area contributed by atoms with Gasteiger partial charge in [0.15, 0.2) is 5.78 Å². The van der Waals surface area contributed by atoms with E-state index in [9.17, 15) is 4.79 Å². The van der Waals surface area contributed by atoms with E-state index in [4.69, 9.17) is 16.3 Å². The van der Waals surface area contributed by atoms with E-state index in [0.29, 0.717) is 22.8 Å². The second kappa shape index (κ2) is 4.45. The minimum Gasteiger partial charge on any atom is -0.501 e. The highest BCUT2D eigenvalue weighted by Crippen LogP contribution is 2.21. The number of pyridine rings is 1. The van der Waals surface area contributed by atoms with Crippen LogP contribution >= 0.6 is 11.6 Å². The first-order valence-corrected chi connectivity index (χ1v) is 5.11. The number of Topliss-reactive ketones (excluding diaryl/α,β-unsaturated/α-hetero) is 1. The lowest BCUT2D eigenvalue weighted by Crippen LogP contribution is -2.09. The number of hydrogen-bond donors (Lipinski definition) is 0. The maximum absolute atomic E-state index is 12.0. The zero-order valence-corrected chi connectivity index (χ0v) is 8.83. The van der Waals surface area contributed by atoms with Gasteiger partial charge >= 0.3 is 0 Å².